The number of amides is 2. The van der Waals surface area contributed by atoms with Crippen LogP contribution in [0.25, 0.3) is 0 Å². The number of nitro benzene ring substituents is 1. The van der Waals surface area contributed by atoms with Crippen molar-refractivity contribution >= 4 is 23.5 Å². The molecular weight excluding hydrogens is 270 g/mol. The van der Waals surface area contributed by atoms with Crippen LogP contribution in [0.3, 0.4) is 0 Å². The van der Waals surface area contributed by atoms with Crippen LogP contribution in [0.2, 0.25) is 0 Å². The fraction of sp³-hybridized carbons (Fsp3) is 0. The lowest BCUT2D eigenvalue weighted by molar-refractivity contribution is -0.385. The van der Waals surface area contributed by atoms with Crippen molar-refractivity contribution in [3.05, 3.63) is 52.1 Å². The summed E-state index contributed by atoms with van der Waals surface area (Å²) < 4.78 is 0. The van der Waals surface area contributed by atoms with E-state index >= 15 is 0 Å². The quantitative estimate of drug-likeness (QED) is 0.396. The van der Waals surface area contributed by atoms with Crippen molar-refractivity contribution in [3.63, 3.8) is 0 Å². The van der Waals surface area contributed by atoms with Crippen LogP contribution in [0, 0.1) is 10.1 Å². The van der Waals surface area contributed by atoms with E-state index in [2.05, 4.69) is 0 Å². The molecule has 0 aromatic heterocycles. The highest BCUT2D eigenvalue weighted by Crippen LogP contribution is 2.16. The van der Waals surface area contributed by atoms with Crippen molar-refractivity contribution < 1.29 is 24.4 Å². The van der Waals surface area contributed by atoms with Gasteiger partial charge in [0.1, 0.15) is 5.56 Å². The van der Waals surface area contributed by atoms with E-state index < -0.39 is 28.4 Å². The second-order valence-corrected chi connectivity index (χ2v) is 3.37. The minimum atomic E-state index is -1.58. The Hall–Kier alpha value is -3.23. The van der Waals surface area contributed by atoms with Crippen LogP contribution in [-0.2, 0) is 9.59 Å². The summed E-state index contributed by atoms with van der Waals surface area (Å²) in [6, 6.07) is 5.14. The molecule has 0 unspecified atom stereocenters. The molecule has 9 nitrogen and oxygen atoms in total. The number of nitrogens with zero attached hydrogens (tertiary/aromatic N) is 1. The number of nitro groups is 1. The first-order valence-corrected chi connectivity index (χ1v) is 5.14. The normalized spacial score (nSPS) is 10.0. The molecule has 0 atom stereocenters. The Bertz CT molecular complexity index is 596. The van der Waals surface area contributed by atoms with Gasteiger partial charge < -0.3 is 9.90 Å². The van der Waals surface area contributed by atoms with Crippen LogP contribution < -0.4 is 16.0 Å². The lowest BCUT2D eigenvalue weighted by atomic mass is 10.2. The van der Waals surface area contributed by atoms with E-state index in [1.807, 2.05) is 10.9 Å². The van der Waals surface area contributed by atoms with Crippen LogP contribution in [0.4, 0.5) is 5.69 Å². The number of hydrazine groups is 1. The maximum atomic E-state index is 11.6. The Labute approximate surface area is 112 Å². The van der Waals surface area contributed by atoms with E-state index in [-0.39, 0.29) is 5.56 Å². The predicted octanol–water partition coefficient (Wildman–Crippen LogP) is -1.34. The fourth-order valence-electron chi connectivity index (χ4n) is 1.20. The molecule has 0 saturated carbocycles. The molecule has 0 saturated heterocycles. The third kappa shape index (κ3) is 4.22. The Morgan fingerprint density at radius 3 is 2.35 bits per heavy atom. The topological polar surface area (TPSA) is 141 Å². The van der Waals surface area contributed by atoms with E-state index in [0.29, 0.717) is 12.2 Å². The second kappa shape index (κ2) is 6.64. The van der Waals surface area contributed by atoms with Crippen LogP contribution in [0.5, 0.6) is 0 Å². The smallest absolute Gasteiger partial charge is 0.282 e. The molecule has 0 spiro atoms. The van der Waals surface area contributed by atoms with Gasteiger partial charge in [0, 0.05) is 12.1 Å². The number of nitrogens with one attached hydrogen (secondary N) is 2. The summed E-state index contributed by atoms with van der Waals surface area (Å²) in [5, 5.41) is 20.7. The van der Waals surface area contributed by atoms with Gasteiger partial charge in [-0.1, -0.05) is 12.1 Å². The second-order valence-electron chi connectivity index (χ2n) is 3.37. The number of hydrogen-bond acceptors (Lipinski definition) is 6. The zero-order chi connectivity index (χ0) is 15.1. The molecule has 1 aromatic rings. The third-order valence-electron chi connectivity index (χ3n) is 2.02. The van der Waals surface area contributed by atoms with Gasteiger partial charge in [0.05, 0.1) is 10.9 Å². The van der Waals surface area contributed by atoms with Crippen molar-refractivity contribution in [2.45, 2.75) is 0 Å². The summed E-state index contributed by atoms with van der Waals surface area (Å²) in [6.07, 6.45) is 1.08. The summed E-state index contributed by atoms with van der Waals surface area (Å²) in [4.78, 5) is 42.7. The minimum absolute atomic E-state index is 0.248. The summed E-state index contributed by atoms with van der Waals surface area (Å²) in [5.41, 5.74) is 3.10. The molecule has 0 fully saturated rings. The first-order valence-electron chi connectivity index (χ1n) is 5.14. The highest BCUT2D eigenvalue weighted by atomic mass is 16.6. The maximum Gasteiger partial charge on any atom is 0.282 e. The molecule has 20 heavy (non-hydrogen) atoms. The fourth-order valence-corrected chi connectivity index (χ4v) is 1.20. The molecule has 0 heterocycles. The Kier molecular flexibility index (Phi) is 4.92. The number of carbonyl (C=O) groups is 3. The number of hydrogen-bond donors (Lipinski definition) is 2. The monoisotopic (exact) mass is 278 g/mol. The van der Waals surface area contributed by atoms with Crippen LogP contribution in [-0.4, -0.2) is 22.7 Å². The molecule has 2 N–H and O–H groups in total. The Morgan fingerprint density at radius 1 is 1.10 bits per heavy atom. The largest absolute Gasteiger partial charge is 0.545 e. The predicted molar refractivity (Wildman–Crippen MR) is 62.9 cm³/mol. The minimum Gasteiger partial charge on any atom is -0.545 e. The van der Waals surface area contributed by atoms with Crippen LogP contribution in [0.1, 0.15) is 10.4 Å². The zero-order valence-electron chi connectivity index (χ0n) is 9.86. The van der Waals surface area contributed by atoms with E-state index in [9.17, 15) is 29.6 Å². The van der Waals surface area contributed by atoms with Gasteiger partial charge in [-0.05, 0) is 12.1 Å². The van der Waals surface area contributed by atoms with Gasteiger partial charge in [-0.2, -0.15) is 0 Å². The number of carboxylic acid groups (broad SMARTS) is 1. The molecule has 0 aliphatic rings. The highest BCUT2D eigenvalue weighted by molar-refractivity contribution is 6.00. The number of aliphatic carboxylic acids is 1. The average Bonchev–Trinajstić information content (AvgIpc) is 2.42. The number of benzene rings is 1. The summed E-state index contributed by atoms with van der Waals surface area (Å²) in [6.45, 7) is 0. The number of carboxylic acids is 1. The van der Waals surface area contributed by atoms with Crippen molar-refractivity contribution in [1.29, 1.82) is 0 Å². The standard InChI is InChI=1S/C11H9N3O6/c15-9(5-6-10(16)17)12-13-11(18)7-3-1-2-4-8(7)14(19)20/h1-6H,(H,12,15)(H,13,18)(H,16,17)/p-1. The lowest BCUT2D eigenvalue weighted by Crippen LogP contribution is -2.41. The maximum absolute atomic E-state index is 11.6. The van der Waals surface area contributed by atoms with Crippen molar-refractivity contribution in [2.75, 3.05) is 0 Å². The number of rotatable bonds is 4. The Balaban J connectivity index is 2.71. The van der Waals surface area contributed by atoms with E-state index in [4.69, 9.17) is 0 Å². The summed E-state index contributed by atoms with van der Waals surface area (Å²) >= 11 is 0. The van der Waals surface area contributed by atoms with Crippen molar-refractivity contribution in [3.8, 4) is 0 Å². The molecule has 0 aliphatic heterocycles. The third-order valence-corrected chi connectivity index (χ3v) is 2.02. The molecule has 0 aliphatic carbocycles. The summed E-state index contributed by atoms with van der Waals surface area (Å²) in [7, 11) is 0. The molecular formula is C11H8N3O6-. The van der Waals surface area contributed by atoms with Crippen LogP contribution in [0.15, 0.2) is 36.4 Å². The summed E-state index contributed by atoms with van der Waals surface area (Å²) in [5.74, 6) is -3.42. The first-order chi connectivity index (χ1) is 9.41. The van der Waals surface area contributed by atoms with Gasteiger partial charge >= 0.3 is 0 Å². The first kappa shape index (κ1) is 14.8. The van der Waals surface area contributed by atoms with E-state index in [1.54, 1.807) is 0 Å². The molecule has 2 amide bonds. The van der Waals surface area contributed by atoms with Gasteiger partial charge in [0.25, 0.3) is 17.5 Å². The molecule has 104 valence electrons. The van der Waals surface area contributed by atoms with Gasteiger partial charge in [0.15, 0.2) is 0 Å². The van der Waals surface area contributed by atoms with E-state index in [1.165, 1.54) is 18.2 Å². The molecule has 1 rings (SSSR count). The van der Waals surface area contributed by atoms with Gasteiger partial charge in [0.2, 0.25) is 0 Å². The van der Waals surface area contributed by atoms with Crippen LogP contribution >= 0.6 is 0 Å². The Morgan fingerprint density at radius 2 is 1.75 bits per heavy atom. The molecule has 1 aromatic carbocycles. The van der Waals surface area contributed by atoms with E-state index in [0.717, 1.165) is 6.07 Å². The molecule has 0 bridgehead atoms. The molecule has 9 heteroatoms. The van der Waals surface area contributed by atoms with Gasteiger partial charge in [-0.3, -0.25) is 30.6 Å². The zero-order valence-corrected chi connectivity index (χ0v) is 9.86. The SMILES string of the molecule is O=C([O-])C=CC(=O)NNC(=O)c1ccccc1[N+](=O)[O-]. The van der Waals surface area contributed by atoms with Gasteiger partial charge in [-0.25, -0.2) is 0 Å². The average molecular weight is 278 g/mol. The molecule has 0 radical (unpaired) electrons. The number of carbonyl (C=O) groups excluding carboxylic acids is 3. The lowest BCUT2D eigenvalue weighted by Gasteiger charge is -2.05. The van der Waals surface area contributed by atoms with Crippen molar-refractivity contribution in [1.82, 2.24) is 10.9 Å². The number of para-hydroxylation sites is 1. The van der Waals surface area contributed by atoms with Gasteiger partial charge in [-0.15, -0.1) is 0 Å². The highest BCUT2D eigenvalue weighted by Gasteiger charge is 2.18. The van der Waals surface area contributed by atoms with Crippen molar-refractivity contribution in [2.24, 2.45) is 0 Å².